The fourth-order valence-corrected chi connectivity index (χ4v) is 4.98. The highest BCUT2D eigenvalue weighted by molar-refractivity contribution is 5.06. The zero-order chi connectivity index (χ0) is 15.4. The summed E-state index contributed by atoms with van der Waals surface area (Å²) in [6.07, 6.45) is 0. The van der Waals surface area contributed by atoms with Gasteiger partial charge in [0.2, 0.25) is 0 Å². The maximum atomic E-state index is 2.63. The molecule has 0 N–H and O–H groups in total. The van der Waals surface area contributed by atoms with Crippen molar-refractivity contribution in [3.63, 3.8) is 0 Å². The third kappa shape index (κ3) is 2.34. The summed E-state index contributed by atoms with van der Waals surface area (Å²) in [5, 5.41) is 0. The van der Waals surface area contributed by atoms with Gasteiger partial charge in [-0.15, -0.1) is 0 Å². The molecular formula is C16H35N3. The Bertz CT molecular complexity index is 299. The minimum Gasteiger partial charge on any atom is -0.271 e. The first-order chi connectivity index (χ1) is 8.29. The van der Waals surface area contributed by atoms with Crippen molar-refractivity contribution in [1.29, 1.82) is 0 Å². The second kappa shape index (κ2) is 4.71. The van der Waals surface area contributed by atoms with E-state index >= 15 is 0 Å². The molecule has 0 radical (unpaired) electrons. The normalized spacial score (nSPS) is 28.3. The fraction of sp³-hybridized carbons (Fsp3) is 1.00. The Morgan fingerprint density at radius 3 is 1.05 bits per heavy atom. The van der Waals surface area contributed by atoms with Crippen molar-refractivity contribution in [2.24, 2.45) is 0 Å². The molecule has 3 heteroatoms. The number of hydrogen-bond acceptors (Lipinski definition) is 3. The molecule has 1 aliphatic heterocycles. The average molecular weight is 269 g/mol. The van der Waals surface area contributed by atoms with Gasteiger partial charge in [0.1, 0.15) is 0 Å². The third-order valence-corrected chi connectivity index (χ3v) is 5.03. The van der Waals surface area contributed by atoms with Crippen molar-refractivity contribution >= 4 is 0 Å². The summed E-state index contributed by atoms with van der Waals surface area (Å²) in [7, 11) is 2.25. The van der Waals surface area contributed by atoms with Gasteiger partial charge in [-0.25, -0.2) is 0 Å². The number of nitrogens with zero attached hydrogens (tertiary/aromatic N) is 3. The van der Waals surface area contributed by atoms with E-state index in [2.05, 4.69) is 91.0 Å². The van der Waals surface area contributed by atoms with Crippen LogP contribution in [0.15, 0.2) is 0 Å². The maximum Gasteiger partial charge on any atom is 0.0714 e. The Kier molecular flexibility index (Phi) is 4.20. The molecular weight excluding hydrogens is 234 g/mol. The summed E-state index contributed by atoms with van der Waals surface area (Å²) in [4.78, 5) is 7.77. The topological polar surface area (TPSA) is 9.72 Å². The van der Waals surface area contributed by atoms with E-state index in [9.17, 15) is 0 Å². The largest absolute Gasteiger partial charge is 0.271 e. The van der Waals surface area contributed by atoms with Gasteiger partial charge in [0.25, 0.3) is 0 Å². The van der Waals surface area contributed by atoms with E-state index in [1.54, 1.807) is 0 Å². The maximum absolute atomic E-state index is 2.63. The minimum absolute atomic E-state index is 0.0296. The van der Waals surface area contributed by atoms with Crippen molar-refractivity contribution in [2.45, 2.75) is 98.3 Å². The highest BCUT2D eigenvalue weighted by Crippen LogP contribution is 2.45. The molecule has 0 spiro atoms. The van der Waals surface area contributed by atoms with E-state index in [-0.39, 0.29) is 17.0 Å². The monoisotopic (exact) mass is 269 g/mol. The van der Waals surface area contributed by atoms with E-state index in [4.69, 9.17) is 0 Å². The molecule has 0 atom stereocenters. The minimum atomic E-state index is 0.0296. The fourth-order valence-electron chi connectivity index (χ4n) is 4.98. The van der Waals surface area contributed by atoms with E-state index in [0.29, 0.717) is 12.1 Å². The van der Waals surface area contributed by atoms with Crippen molar-refractivity contribution in [1.82, 2.24) is 14.7 Å². The van der Waals surface area contributed by atoms with Crippen LogP contribution in [-0.2, 0) is 0 Å². The molecule has 1 rings (SSSR count). The van der Waals surface area contributed by atoms with Crippen molar-refractivity contribution < 1.29 is 0 Å². The zero-order valence-electron chi connectivity index (χ0n) is 15.0. The molecule has 0 aromatic carbocycles. The van der Waals surface area contributed by atoms with Crippen LogP contribution in [0.4, 0.5) is 0 Å². The molecule has 1 aliphatic rings. The van der Waals surface area contributed by atoms with Crippen molar-refractivity contribution in [3.8, 4) is 0 Å². The first-order valence-electron chi connectivity index (χ1n) is 7.61. The Labute approximate surface area is 120 Å². The summed E-state index contributed by atoms with van der Waals surface area (Å²) >= 11 is 0. The van der Waals surface area contributed by atoms with E-state index in [1.165, 1.54) is 0 Å². The molecule has 114 valence electrons. The molecule has 0 bridgehead atoms. The van der Waals surface area contributed by atoms with Crippen molar-refractivity contribution in [2.75, 3.05) is 7.05 Å². The lowest BCUT2D eigenvalue weighted by Gasteiger charge is -2.70. The number of rotatable bonds is 2. The van der Waals surface area contributed by atoms with Gasteiger partial charge >= 0.3 is 0 Å². The Morgan fingerprint density at radius 2 is 0.842 bits per heavy atom. The molecule has 1 saturated heterocycles. The van der Waals surface area contributed by atoms with E-state index in [1.807, 2.05) is 0 Å². The molecule has 1 fully saturated rings. The van der Waals surface area contributed by atoms with Crippen LogP contribution in [0.5, 0.6) is 0 Å². The molecule has 0 aliphatic carbocycles. The van der Waals surface area contributed by atoms with Crippen LogP contribution >= 0.6 is 0 Å². The highest BCUT2D eigenvalue weighted by Gasteiger charge is 2.57. The summed E-state index contributed by atoms with van der Waals surface area (Å²) < 4.78 is 0. The lowest BCUT2D eigenvalue weighted by molar-refractivity contribution is -0.291. The van der Waals surface area contributed by atoms with Crippen LogP contribution in [0.3, 0.4) is 0 Å². The predicted octanol–water partition coefficient (Wildman–Crippen LogP) is 3.56. The van der Waals surface area contributed by atoms with Crippen LogP contribution in [0, 0.1) is 0 Å². The Hall–Kier alpha value is -0.120. The molecule has 0 aromatic rings. The third-order valence-electron chi connectivity index (χ3n) is 5.03. The smallest absolute Gasteiger partial charge is 0.0714 e. The second-order valence-electron chi connectivity index (χ2n) is 7.97. The molecule has 0 unspecified atom stereocenters. The van der Waals surface area contributed by atoms with Gasteiger partial charge in [-0.1, -0.05) is 0 Å². The van der Waals surface area contributed by atoms with Crippen LogP contribution in [-0.4, -0.2) is 50.8 Å². The Morgan fingerprint density at radius 1 is 0.579 bits per heavy atom. The predicted molar refractivity (Wildman–Crippen MR) is 84.0 cm³/mol. The highest BCUT2D eigenvalue weighted by atomic mass is 15.6. The van der Waals surface area contributed by atoms with Gasteiger partial charge in [0, 0.05) is 12.1 Å². The molecule has 0 saturated carbocycles. The summed E-state index contributed by atoms with van der Waals surface area (Å²) in [6, 6.07) is 1.01. The lowest BCUT2D eigenvalue weighted by atomic mass is 9.89. The molecule has 3 nitrogen and oxygen atoms in total. The lowest BCUT2D eigenvalue weighted by Crippen LogP contribution is -2.83. The van der Waals surface area contributed by atoms with Gasteiger partial charge < -0.3 is 0 Å². The van der Waals surface area contributed by atoms with Gasteiger partial charge in [-0.3, -0.25) is 14.7 Å². The zero-order valence-corrected chi connectivity index (χ0v) is 15.0. The van der Waals surface area contributed by atoms with E-state index < -0.39 is 0 Å². The molecule has 0 amide bonds. The van der Waals surface area contributed by atoms with Crippen molar-refractivity contribution in [3.05, 3.63) is 0 Å². The molecule has 1 heterocycles. The SMILES string of the molecule is CC(C)N1C(C)(C)N(C)C(C)(C)N(C(C)C)C1(C)C. The van der Waals surface area contributed by atoms with E-state index in [0.717, 1.165) is 0 Å². The van der Waals surface area contributed by atoms with Crippen LogP contribution in [0.1, 0.15) is 69.2 Å². The number of hydrogen-bond donors (Lipinski definition) is 0. The van der Waals surface area contributed by atoms with Gasteiger partial charge in [0.15, 0.2) is 0 Å². The van der Waals surface area contributed by atoms with Gasteiger partial charge in [0.05, 0.1) is 17.0 Å². The summed E-state index contributed by atoms with van der Waals surface area (Å²) in [5.41, 5.74) is 0.0982. The average Bonchev–Trinajstić information content (AvgIpc) is 2.10. The van der Waals surface area contributed by atoms with Gasteiger partial charge in [-0.2, -0.15) is 0 Å². The van der Waals surface area contributed by atoms with Gasteiger partial charge in [-0.05, 0) is 76.3 Å². The first-order valence-corrected chi connectivity index (χ1v) is 7.61. The quantitative estimate of drug-likeness (QED) is 0.759. The summed E-state index contributed by atoms with van der Waals surface area (Å²) in [5.74, 6) is 0. The second-order valence-corrected chi connectivity index (χ2v) is 7.97. The molecule has 0 aromatic heterocycles. The van der Waals surface area contributed by atoms with Crippen LogP contribution < -0.4 is 0 Å². The van der Waals surface area contributed by atoms with Crippen LogP contribution in [0.25, 0.3) is 0 Å². The Balaban J connectivity index is 3.46. The van der Waals surface area contributed by atoms with Crippen LogP contribution in [0.2, 0.25) is 0 Å². The molecule has 19 heavy (non-hydrogen) atoms. The summed E-state index contributed by atoms with van der Waals surface area (Å²) in [6.45, 7) is 23.3. The standard InChI is InChI=1S/C16H35N3/c1-12(2)18-14(5,6)17(11)15(7,8)19(13(3)4)16(18,9)10/h12-13H,1-11H3. The first kappa shape index (κ1) is 16.9.